The van der Waals surface area contributed by atoms with E-state index in [0.29, 0.717) is 31.5 Å². The molecule has 2 aromatic carbocycles. The van der Waals surface area contributed by atoms with Crippen LogP contribution in [-0.2, 0) is 14.8 Å². The van der Waals surface area contributed by atoms with E-state index < -0.39 is 10.0 Å². The predicted octanol–water partition coefficient (Wildman–Crippen LogP) is 4.26. The molecule has 0 saturated carbocycles. The van der Waals surface area contributed by atoms with Crippen molar-refractivity contribution in [1.82, 2.24) is 14.2 Å². The van der Waals surface area contributed by atoms with Crippen molar-refractivity contribution in [3.05, 3.63) is 59.1 Å². The number of aromatic nitrogens is 1. The Morgan fingerprint density at radius 3 is 2.35 bits per heavy atom. The summed E-state index contributed by atoms with van der Waals surface area (Å²) in [5, 5.41) is 0.987. The number of para-hydroxylation sites is 1. The number of thiazole rings is 1. The molecule has 5 rings (SSSR count). The summed E-state index contributed by atoms with van der Waals surface area (Å²) >= 11 is 1.65. The second kappa shape index (κ2) is 9.20. The number of Topliss-reactive ketones (excluding diaryl/α,β-unsaturated/α-hetero) is 1. The van der Waals surface area contributed by atoms with Crippen LogP contribution in [0.1, 0.15) is 54.0 Å². The van der Waals surface area contributed by atoms with Gasteiger partial charge in [0.05, 0.1) is 21.2 Å². The van der Waals surface area contributed by atoms with Gasteiger partial charge in [0.25, 0.3) is 0 Å². The minimum absolute atomic E-state index is 0.00597. The molecule has 2 aliphatic heterocycles. The molecule has 34 heavy (non-hydrogen) atoms. The number of piperidine rings is 1. The average Bonchev–Trinajstić information content (AvgIpc) is 3.50. The quantitative estimate of drug-likeness (QED) is 0.492. The molecule has 0 unspecified atom stereocenters. The van der Waals surface area contributed by atoms with Crippen LogP contribution in [0.3, 0.4) is 0 Å². The van der Waals surface area contributed by atoms with Gasteiger partial charge >= 0.3 is 0 Å². The van der Waals surface area contributed by atoms with E-state index in [1.807, 2.05) is 23.1 Å². The highest BCUT2D eigenvalue weighted by Gasteiger charge is 2.38. The second-order valence-electron chi connectivity index (χ2n) is 8.97. The summed E-state index contributed by atoms with van der Waals surface area (Å²) in [7, 11) is -3.65. The molecule has 2 aliphatic rings. The van der Waals surface area contributed by atoms with Crippen molar-refractivity contribution < 1.29 is 18.0 Å². The summed E-state index contributed by atoms with van der Waals surface area (Å²) in [4.78, 5) is 31.8. The highest BCUT2D eigenvalue weighted by atomic mass is 32.2. The van der Waals surface area contributed by atoms with Crippen molar-refractivity contribution in [3.63, 3.8) is 0 Å². The van der Waals surface area contributed by atoms with Gasteiger partial charge in [0, 0.05) is 31.1 Å². The van der Waals surface area contributed by atoms with Crippen LogP contribution in [0.2, 0.25) is 0 Å². The van der Waals surface area contributed by atoms with Gasteiger partial charge in [0.2, 0.25) is 15.9 Å². The molecule has 2 saturated heterocycles. The Morgan fingerprint density at radius 2 is 1.68 bits per heavy atom. The number of sulfonamides is 1. The van der Waals surface area contributed by atoms with Gasteiger partial charge in [-0.3, -0.25) is 9.59 Å². The fraction of sp³-hybridized carbons (Fsp3) is 0.400. The van der Waals surface area contributed by atoms with Gasteiger partial charge in [-0.2, -0.15) is 4.31 Å². The van der Waals surface area contributed by atoms with E-state index in [-0.39, 0.29) is 28.5 Å². The Kier molecular flexibility index (Phi) is 6.26. The normalized spacial score (nSPS) is 20.1. The van der Waals surface area contributed by atoms with E-state index in [1.54, 1.807) is 23.5 Å². The summed E-state index contributed by atoms with van der Waals surface area (Å²) in [6.45, 7) is 2.80. The highest BCUT2D eigenvalue weighted by Crippen LogP contribution is 2.38. The number of nitrogens with zero attached hydrogens (tertiary/aromatic N) is 3. The van der Waals surface area contributed by atoms with E-state index in [4.69, 9.17) is 4.98 Å². The number of likely N-dealkylation sites (tertiary alicyclic amines) is 1. The molecule has 1 atom stereocenters. The largest absolute Gasteiger partial charge is 0.333 e. The Bertz CT molecular complexity index is 1290. The smallest absolute Gasteiger partial charge is 0.243 e. The maximum Gasteiger partial charge on any atom is 0.243 e. The molecule has 7 nitrogen and oxygen atoms in total. The molecular formula is C25H27N3O4S2. The summed E-state index contributed by atoms with van der Waals surface area (Å²) in [6, 6.07) is 14.1. The molecule has 1 amide bonds. The number of fused-ring (bicyclic) bond motifs is 1. The highest BCUT2D eigenvalue weighted by molar-refractivity contribution is 7.89. The van der Waals surface area contributed by atoms with Gasteiger partial charge in [-0.25, -0.2) is 13.4 Å². The van der Waals surface area contributed by atoms with E-state index in [1.165, 1.54) is 23.4 Å². The van der Waals surface area contributed by atoms with E-state index >= 15 is 0 Å². The Labute approximate surface area is 203 Å². The lowest BCUT2D eigenvalue weighted by atomic mass is 9.96. The molecule has 0 spiro atoms. The Balaban J connectivity index is 1.25. The first-order chi connectivity index (χ1) is 16.3. The molecule has 2 fully saturated rings. The molecule has 3 aromatic rings. The minimum Gasteiger partial charge on any atom is -0.333 e. The van der Waals surface area contributed by atoms with Crippen molar-refractivity contribution in [1.29, 1.82) is 0 Å². The molecule has 0 N–H and O–H groups in total. The van der Waals surface area contributed by atoms with Crippen LogP contribution >= 0.6 is 11.3 Å². The van der Waals surface area contributed by atoms with Gasteiger partial charge in [0.15, 0.2) is 5.78 Å². The van der Waals surface area contributed by atoms with Crippen LogP contribution in [0.25, 0.3) is 10.2 Å². The molecule has 0 aliphatic carbocycles. The van der Waals surface area contributed by atoms with E-state index in [9.17, 15) is 18.0 Å². The lowest BCUT2D eigenvalue weighted by Crippen LogP contribution is -2.44. The second-order valence-corrected chi connectivity index (χ2v) is 12.0. The lowest BCUT2D eigenvalue weighted by Gasteiger charge is -2.34. The number of carbonyl (C=O) groups excluding carboxylic acids is 2. The molecule has 9 heteroatoms. The zero-order chi connectivity index (χ0) is 23.9. The van der Waals surface area contributed by atoms with Gasteiger partial charge in [0.1, 0.15) is 5.01 Å². The summed E-state index contributed by atoms with van der Waals surface area (Å²) in [5.41, 5.74) is 1.45. The molecule has 1 aromatic heterocycles. The number of amides is 1. The van der Waals surface area contributed by atoms with Crippen molar-refractivity contribution in [3.8, 4) is 0 Å². The van der Waals surface area contributed by atoms with Crippen LogP contribution in [0, 0.1) is 5.92 Å². The lowest BCUT2D eigenvalue weighted by molar-refractivity contribution is -0.137. The van der Waals surface area contributed by atoms with Crippen molar-refractivity contribution >= 4 is 43.3 Å². The first kappa shape index (κ1) is 23.1. The molecular weight excluding hydrogens is 470 g/mol. The first-order valence-electron chi connectivity index (χ1n) is 11.6. The summed E-state index contributed by atoms with van der Waals surface area (Å²) in [6.07, 6.45) is 2.88. The third-order valence-electron chi connectivity index (χ3n) is 6.83. The number of hydrogen-bond acceptors (Lipinski definition) is 6. The SMILES string of the molecule is CC(=O)c1ccc(S(=O)(=O)N2CCC(C(=O)N3CCC[C@@H]3c3nc4ccccc4s3)CC2)cc1. The number of rotatable bonds is 5. The Morgan fingerprint density at radius 1 is 0.971 bits per heavy atom. The predicted molar refractivity (Wildman–Crippen MR) is 131 cm³/mol. The van der Waals surface area contributed by atoms with Crippen molar-refractivity contribution in [2.24, 2.45) is 5.92 Å². The minimum atomic E-state index is -3.65. The first-order valence-corrected chi connectivity index (χ1v) is 13.9. The Hall–Kier alpha value is -2.62. The molecule has 3 heterocycles. The maximum absolute atomic E-state index is 13.4. The fourth-order valence-corrected chi connectivity index (χ4v) is 7.49. The third kappa shape index (κ3) is 4.28. The van der Waals surface area contributed by atoms with Crippen molar-refractivity contribution in [2.45, 2.75) is 43.5 Å². The summed E-state index contributed by atoms with van der Waals surface area (Å²) < 4.78 is 28.7. The van der Waals surface area contributed by atoms with Gasteiger partial charge in [-0.15, -0.1) is 11.3 Å². The van der Waals surface area contributed by atoms with Gasteiger partial charge in [-0.05, 0) is 56.9 Å². The molecule has 0 radical (unpaired) electrons. The standard InChI is InChI=1S/C25H27N3O4S2/c1-17(29)18-8-10-20(11-9-18)34(31,32)27-15-12-19(13-16-27)25(30)28-14-4-6-22(28)24-26-21-5-2-3-7-23(21)33-24/h2-3,5,7-11,19,22H,4,6,12-16H2,1H3/t22-/m1/s1. The van der Waals surface area contributed by atoms with E-state index in [0.717, 1.165) is 34.6 Å². The molecule has 0 bridgehead atoms. The monoisotopic (exact) mass is 497 g/mol. The van der Waals surface area contributed by atoms with Crippen molar-refractivity contribution in [2.75, 3.05) is 19.6 Å². The van der Waals surface area contributed by atoms with Crippen LogP contribution in [-0.4, -0.2) is 53.9 Å². The number of carbonyl (C=O) groups is 2. The van der Waals surface area contributed by atoms with Crippen LogP contribution < -0.4 is 0 Å². The maximum atomic E-state index is 13.4. The number of benzene rings is 2. The van der Waals surface area contributed by atoms with Gasteiger partial charge < -0.3 is 4.90 Å². The zero-order valence-electron chi connectivity index (χ0n) is 19.0. The fourth-order valence-electron chi connectivity index (χ4n) is 4.91. The van der Waals surface area contributed by atoms with Crippen LogP contribution in [0.15, 0.2) is 53.4 Å². The van der Waals surface area contributed by atoms with Crippen LogP contribution in [0.5, 0.6) is 0 Å². The average molecular weight is 498 g/mol. The summed E-state index contributed by atoms with van der Waals surface area (Å²) in [5.74, 6) is -0.166. The number of hydrogen-bond donors (Lipinski definition) is 0. The molecule has 178 valence electrons. The zero-order valence-corrected chi connectivity index (χ0v) is 20.6. The topological polar surface area (TPSA) is 87.7 Å². The third-order valence-corrected chi connectivity index (χ3v) is 9.88. The van der Waals surface area contributed by atoms with Crippen LogP contribution in [0.4, 0.5) is 0 Å². The van der Waals surface area contributed by atoms with Gasteiger partial charge in [-0.1, -0.05) is 24.3 Å². The van der Waals surface area contributed by atoms with E-state index in [2.05, 4.69) is 6.07 Å². The number of ketones is 1.